The highest BCUT2D eigenvalue weighted by Gasteiger charge is 2.08. The van der Waals surface area contributed by atoms with Crippen LogP contribution in [0, 0.1) is 0 Å². The number of oxime groups is 1. The second-order valence-electron chi connectivity index (χ2n) is 4.41. The molecule has 1 amide bonds. The Morgan fingerprint density at radius 3 is 2.67 bits per heavy atom. The molecule has 0 unspecified atom stereocenters. The first-order valence-corrected chi connectivity index (χ1v) is 6.54. The average molecular weight is 295 g/mol. The van der Waals surface area contributed by atoms with Crippen LogP contribution in [0.3, 0.4) is 0 Å². The maximum atomic E-state index is 11.8. The van der Waals surface area contributed by atoms with E-state index in [2.05, 4.69) is 10.5 Å². The number of carbonyl (C=O) groups is 1. The Labute approximate surface area is 123 Å². The molecule has 1 aromatic carbocycles. The lowest BCUT2D eigenvalue weighted by atomic mass is 10.1. The molecule has 0 aliphatic carbocycles. The first kappa shape index (κ1) is 16.6. The maximum Gasteiger partial charge on any atom is 0.224 e. The summed E-state index contributed by atoms with van der Waals surface area (Å²) in [5.41, 5.74) is 6.17. The molecular weight excluding hydrogens is 274 g/mol. The smallest absolute Gasteiger partial charge is 0.224 e. The minimum atomic E-state index is -0.0956. The van der Waals surface area contributed by atoms with Crippen molar-refractivity contribution in [2.75, 3.05) is 20.8 Å². The van der Waals surface area contributed by atoms with Gasteiger partial charge in [0.2, 0.25) is 5.91 Å². The van der Waals surface area contributed by atoms with Gasteiger partial charge in [-0.15, -0.1) is 0 Å². The van der Waals surface area contributed by atoms with E-state index in [4.69, 9.17) is 20.4 Å². The zero-order valence-corrected chi connectivity index (χ0v) is 12.3. The molecule has 0 bridgehead atoms. The van der Waals surface area contributed by atoms with Crippen LogP contribution in [0.2, 0.25) is 0 Å². The number of hydrogen-bond donors (Lipinski definition) is 3. The molecule has 0 aliphatic heterocycles. The van der Waals surface area contributed by atoms with E-state index in [9.17, 15) is 4.79 Å². The molecule has 0 fully saturated rings. The number of carbonyl (C=O) groups excluding carboxylic acids is 1. The first-order chi connectivity index (χ1) is 10.1. The van der Waals surface area contributed by atoms with Crippen molar-refractivity contribution in [2.45, 2.75) is 19.3 Å². The van der Waals surface area contributed by atoms with Crippen molar-refractivity contribution >= 4 is 11.7 Å². The van der Waals surface area contributed by atoms with Crippen LogP contribution in [-0.2, 0) is 11.2 Å². The van der Waals surface area contributed by atoms with Gasteiger partial charge in [0.1, 0.15) is 5.84 Å². The minimum Gasteiger partial charge on any atom is -0.493 e. The van der Waals surface area contributed by atoms with Crippen LogP contribution in [0.4, 0.5) is 0 Å². The summed E-state index contributed by atoms with van der Waals surface area (Å²) in [4.78, 5) is 11.8. The van der Waals surface area contributed by atoms with Gasteiger partial charge in [-0.25, -0.2) is 0 Å². The SMILES string of the molecule is COc1ccc(CC(=O)NCCCC(N)=NO)cc1OC. The fourth-order valence-electron chi connectivity index (χ4n) is 1.79. The van der Waals surface area contributed by atoms with E-state index in [1.165, 1.54) is 0 Å². The molecule has 1 aromatic rings. The lowest BCUT2D eigenvalue weighted by Gasteiger charge is -2.10. The molecule has 7 heteroatoms. The van der Waals surface area contributed by atoms with Crippen LogP contribution in [0.15, 0.2) is 23.4 Å². The molecule has 0 radical (unpaired) electrons. The van der Waals surface area contributed by atoms with E-state index in [1.807, 2.05) is 6.07 Å². The molecule has 0 aromatic heterocycles. The van der Waals surface area contributed by atoms with Crippen molar-refractivity contribution in [2.24, 2.45) is 10.9 Å². The summed E-state index contributed by atoms with van der Waals surface area (Å²) in [6, 6.07) is 5.35. The van der Waals surface area contributed by atoms with Crippen molar-refractivity contribution in [3.05, 3.63) is 23.8 Å². The largest absolute Gasteiger partial charge is 0.493 e. The predicted octanol–water partition coefficient (Wildman–Crippen LogP) is 0.889. The summed E-state index contributed by atoms with van der Waals surface area (Å²) < 4.78 is 10.3. The van der Waals surface area contributed by atoms with Gasteiger partial charge in [-0.2, -0.15) is 0 Å². The van der Waals surface area contributed by atoms with Gasteiger partial charge in [-0.1, -0.05) is 11.2 Å². The van der Waals surface area contributed by atoms with E-state index >= 15 is 0 Å². The number of nitrogens with one attached hydrogen (secondary N) is 1. The number of methoxy groups -OCH3 is 2. The molecule has 4 N–H and O–H groups in total. The van der Waals surface area contributed by atoms with Crippen LogP contribution < -0.4 is 20.5 Å². The third kappa shape index (κ3) is 5.60. The summed E-state index contributed by atoms with van der Waals surface area (Å²) in [5.74, 6) is 1.28. The molecule has 116 valence electrons. The van der Waals surface area contributed by atoms with Gasteiger partial charge in [-0.05, 0) is 24.1 Å². The van der Waals surface area contributed by atoms with Crippen molar-refractivity contribution in [1.82, 2.24) is 5.32 Å². The highest BCUT2D eigenvalue weighted by Crippen LogP contribution is 2.27. The number of rotatable bonds is 8. The van der Waals surface area contributed by atoms with Crippen molar-refractivity contribution in [3.63, 3.8) is 0 Å². The van der Waals surface area contributed by atoms with Crippen molar-refractivity contribution in [3.8, 4) is 11.5 Å². The Morgan fingerprint density at radius 1 is 1.33 bits per heavy atom. The molecule has 0 spiro atoms. The number of benzene rings is 1. The molecule has 0 atom stereocenters. The van der Waals surface area contributed by atoms with Gasteiger partial charge in [0, 0.05) is 13.0 Å². The molecule has 1 rings (SSSR count). The fourth-order valence-corrected chi connectivity index (χ4v) is 1.79. The van der Waals surface area contributed by atoms with Crippen LogP contribution in [0.5, 0.6) is 11.5 Å². The summed E-state index contributed by atoms with van der Waals surface area (Å²) in [6.07, 6.45) is 1.31. The number of ether oxygens (including phenoxy) is 2. The summed E-state index contributed by atoms with van der Waals surface area (Å²) >= 11 is 0. The van der Waals surface area contributed by atoms with E-state index in [1.54, 1.807) is 26.4 Å². The van der Waals surface area contributed by atoms with Crippen LogP contribution in [0.25, 0.3) is 0 Å². The molecule has 0 heterocycles. The number of hydrogen-bond acceptors (Lipinski definition) is 5. The summed E-state index contributed by atoms with van der Waals surface area (Å²) in [6.45, 7) is 0.475. The van der Waals surface area contributed by atoms with E-state index in [-0.39, 0.29) is 18.2 Å². The molecule has 0 aliphatic rings. The lowest BCUT2D eigenvalue weighted by Crippen LogP contribution is -2.27. The Hall–Kier alpha value is -2.44. The zero-order valence-electron chi connectivity index (χ0n) is 12.3. The first-order valence-electron chi connectivity index (χ1n) is 6.54. The Balaban J connectivity index is 2.44. The van der Waals surface area contributed by atoms with Crippen LogP contribution in [-0.4, -0.2) is 37.7 Å². The molecule has 21 heavy (non-hydrogen) atoms. The molecule has 7 nitrogen and oxygen atoms in total. The average Bonchev–Trinajstić information content (AvgIpc) is 2.51. The molecule has 0 saturated carbocycles. The maximum absolute atomic E-state index is 11.8. The quantitative estimate of drug-likeness (QED) is 0.217. The standard InChI is InChI=1S/C14H21N3O4/c1-20-11-6-5-10(8-12(11)21-2)9-14(18)16-7-3-4-13(15)17-19/h5-6,8,19H,3-4,7,9H2,1-2H3,(H2,15,17)(H,16,18). The number of nitrogens with two attached hydrogens (primary N) is 1. The normalized spacial score (nSPS) is 11.0. The number of nitrogens with zero attached hydrogens (tertiary/aromatic N) is 1. The van der Waals surface area contributed by atoms with Gasteiger partial charge in [0.25, 0.3) is 0 Å². The molecular formula is C14H21N3O4. The predicted molar refractivity (Wildman–Crippen MR) is 78.9 cm³/mol. The monoisotopic (exact) mass is 295 g/mol. The summed E-state index contributed by atoms with van der Waals surface area (Å²) in [5, 5.41) is 14.0. The zero-order chi connectivity index (χ0) is 15.7. The Morgan fingerprint density at radius 2 is 2.05 bits per heavy atom. The van der Waals surface area contributed by atoms with Gasteiger partial charge in [-0.3, -0.25) is 4.79 Å². The van der Waals surface area contributed by atoms with Gasteiger partial charge >= 0.3 is 0 Å². The van der Waals surface area contributed by atoms with Crippen molar-refractivity contribution in [1.29, 1.82) is 0 Å². The van der Waals surface area contributed by atoms with Gasteiger partial charge in [0.15, 0.2) is 11.5 Å². The number of amides is 1. The highest BCUT2D eigenvalue weighted by molar-refractivity contribution is 5.80. The number of amidine groups is 1. The Kier molecular flexibility index (Phi) is 6.86. The minimum absolute atomic E-state index is 0.0956. The van der Waals surface area contributed by atoms with Crippen LogP contribution in [0.1, 0.15) is 18.4 Å². The highest BCUT2D eigenvalue weighted by atomic mass is 16.5. The van der Waals surface area contributed by atoms with Crippen molar-refractivity contribution < 1.29 is 19.5 Å². The second kappa shape index (κ2) is 8.68. The molecule has 0 saturated heterocycles. The van der Waals surface area contributed by atoms with Crippen LogP contribution >= 0.6 is 0 Å². The second-order valence-corrected chi connectivity index (χ2v) is 4.41. The van der Waals surface area contributed by atoms with Gasteiger partial charge < -0.3 is 25.7 Å². The summed E-state index contributed by atoms with van der Waals surface area (Å²) in [7, 11) is 3.11. The van der Waals surface area contributed by atoms with E-state index in [0.29, 0.717) is 30.9 Å². The van der Waals surface area contributed by atoms with E-state index in [0.717, 1.165) is 5.56 Å². The van der Waals surface area contributed by atoms with E-state index < -0.39 is 0 Å². The fraction of sp³-hybridized carbons (Fsp3) is 0.429. The van der Waals surface area contributed by atoms with Gasteiger partial charge in [0.05, 0.1) is 20.6 Å². The third-order valence-corrected chi connectivity index (χ3v) is 2.87. The lowest BCUT2D eigenvalue weighted by molar-refractivity contribution is -0.120. The topological polar surface area (TPSA) is 106 Å². The Bertz CT molecular complexity index is 503. The third-order valence-electron chi connectivity index (χ3n) is 2.87.